The predicted octanol–water partition coefficient (Wildman–Crippen LogP) is 4.64. The molecule has 0 spiro atoms. The van der Waals surface area contributed by atoms with Gasteiger partial charge in [0.25, 0.3) is 5.91 Å². The number of thiocarbonyl (C=S) groups is 1. The van der Waals surface area contributed by atoms with Crippen molar-refractivity contribution in [3.63, 3.8) is 0 Å². The maximum Gasteiger partial charge on any atom is 0.337 e. The topological polar surface area (TPSA) is 78.4 Å². The number of halogens is 3. The molecular weight excluding hydrogens is 575 g/mol. The Morgan fingerprint density at radius 2 is 1.88 bits per heavy atom. The van der Waals surface area contributed by atoms with Gasteiger partial charge in [-0.05, 0) is 81.1 Å². The number of carbonyl (C=O) groups excluding carboxylic acids is 1. The lowest BCUT2D eigenvalue weighted by Crippen LogP contribution is -2.34. The minimum absolute atomic E-state index is 0.00406. The highest BCUT2D eigenvalue weighted by molar-refractivity contribution is 14.1. The first-order chi connectivity index (χ1) is 11.3. The number of benzene rings is 2. The largest absolute Gasteiger partial charge is 0.478 e. The van der Waals surface area contributed by atoms with E-state index in [9.17, 15) is 14.7 Å². The molecule has 0 unspecified atom stereocenters. The van der Waals surface area contributed by atoms with Gasteiger partial charge < -0.3 is 10.4 Å². The molecule has 0 aliphatic rings. The maximum absolute atomic E-state index is 12.2. The standard InChI is InChI=1S/C15H9Br2IN2O3S/c16-8-5-10(14(22)23)12(11(17)6-8)19-15(24)20-13(21)7-2-1-3-9(18)4-7/h1-6H,(H,22,23)(H2,19,20,21,24). The molecular formula is C15H9Br2IN2O3S. The van der Waals surface area contributed by atoms with Crippen molar-refractivity contribution in [3.05, 3.63) is 60.0 Å². The van der Waals surface area contributed by atoms with Crippen molar-refractivity contribution in [2.24, 2.45) is 0 Å². The van der Waals surface area contributed by atoms with Gasteiger partial charge in [0.1, 0.15) is 0 Å². The minimum atomic E-state index is -1.12. The van der Waals surface area contributed by atoms with Crippen molar-refractivity contribution in [2.45, 2.75) is 0 Å². The summed E-state index contributed by atoms with van der Waals surface area (Å²) in [7, 11) is 0. The van der Waals surface area contributed by atoms with Gasteiger partial charge in [-0.3, -0.25) is 10.1 Å². The van der Waals surface area contributed by atoms with E-state index in [0.717, 1.165) is 3.57 Å². The van der Waals surface area contributed by atoms with E-state index < -0.39 is 5.97 Å². The Kier molecular flexibility index (Phi) is 6.72. The number of carbonyl (C=O) groups is 2. The molecule has 2 aromatic rings. The summed E-state index contributed by atoms with van der Waals surface area (Å²) in [6.07, 6.45) is 0. The Hall–Kier alpha value is -1.04. The van der Waals surface area contributed by atoms with Crippen LogP contribution in [0.15, 0.2) is 45.3 Å². The zero-order valence-electron chi connectivity index (χ0n) is 11.8. The number of aromatic carboxylic acids is 1. The van der Waals surface area contributed by atoms with Crippen molar-refractivity contribution < 1.29 is 14.7 Å². The molecule has 0 saturated heterocycles. The average molecular weight is 584 g/mol. The second-order valence-electron chi connectivity index (χ2n) is 4.53. The number of hydrogen-bond donors (Lipinski definition) is 3. The third-order valence-electron chi connectivity index (χ3n) is 2.84. The summed E-state index contributed by atoms with van der Waals surface area (Å²) in [5.74, 6) is -1.50. The molecule has 0 heterocycles. The van der Waals surface area contributed by atoms with Gasteiger partial charge in [0.2, 0.25) is 0 Å². The number of carboxylic acids is 1. The number of anilines is 1. The molecule has 5 nitrogen and oxygen atoms in total. The van der Waals surface area contributed by atoms with Crippen molar-refractivity contribution >= 4 is 89.3 Å². The lowest BCUT2D eigenvalue weighted by atomic mass is 10.2. The lowest BCUT2D eigenvalue weighted by molar-refractivity contribution is 0.0697. The molecule has 124 valence electrons. The zero-order valence-corrected chi connectivity index (χ0v) is 17.9. The Morgan fingerprint density at radius 3 is 2.50 bits per heavy atom. The van der Waals surface area contributed by atoms with Gasteiger partial charge in [0.05, 0.1) is 11.3 Å². The summed E-state index contributed by atoms with van der Waals surface area (Å²) in [5.41, 5.74) is 0.736. The molecule has 0 aromatic heterocycles. The van der Waals surface area contributed by atoms with Crippen molar-refractivity contribution in [2.75, 3.05) is 5.32 Å². The summed E-state index contributed by atoms with van der Waals surface area (Å²) >= 11 is 13.7. The van der Waals surface area contributed by atoms with Gasteiger partial charge in [-0.2, -0.15) is 0 Å². The van der Waals surface area contributed by atoms with Crippen LogP contribution in [0.2, 0.25) is 0 Å². The summed E-state index contributed by atoms with van der Waals surface area (Å²) in [5, 5.41) is 14.6. The molecule has 2 rings (SSSR count). The van der Waals surface area contributed by atoms with Gasteiger partial charge in [-0.25, -0.2) is 4.79 Å². The minimum Gasteiger partial charge on any atom is -0.478 e. The summed E-state index contributed by atoms with van der Waals surface area (Å²) in [6, 6.07) is 10.1. The third kappa shape index (κ3) is 4.98. The Bertz CT molecular complexity index is 845. The third-order valence-corrected chi connectivity index (χ3v) is 4.80. The van der Waals surface area contributed by atoms with Crippen molar-refractivity contribution in [1.29, 1.82) is 0 Å². The summed E-state index contributed by atoms with van der Waals surface area (Å²) < 4.78 is 2.02. The van der Waals surface area contributed by atoms with E-state index in [1.807, 2.05) is 6.07 Å². The van der Waals surface area contributed by atoms with Crippen LogP contribution in [0.5, 0.6) is 0 Å². The van der Waals surface area contributed by atoms with E-state index in [1.165, 1.54) is 6.07 Å². The van der Waals surface area contributed by atoms with Gasteiger partial charge in [0.15, 0.2) is 5.11 Å². The van der Waals surface area contributed by atoms with Crippen molar-refractivity contribution in [3.8, 4) is 0 Å². The first-order valence-corrected chi connectivity index (χ1v) is 9.45. The molecule has 2 aromatic carbocycles. The smallest absolute Gasteiger partial charge is 0.337 e. The van der Waals surface area contributed by atoms with Crippen LogP contribution in [0.4, 0.5) is 5.69 Å². The van der Waals surface area contributed by atoms with Gasteiger partial charge in [0, 0.05) is 18.1 Å². The fourth-order valence-corrected chi connectivity index (χ4v) is 3.88. The number of nitrogens with one attached hydrogen (secondary N) is 2. The van der Waals surface area contributed by atoms with Crippen LogP contribution in [0.1, 0.15) is 20.7 Å². The lowest BCUT2D eigenvalue weighted by Gasteiger charge is -2.14. The van der Waals surface area contributed by atoms with Crippen LogP contribution in [-0.4, -0.2) is 22.1 Å². The van der Waals surface area contributed by atoms with E-state index in [1.54, 1.807) is 24.3 Å². The second-order valence-corrected chi connectivity index (χ2v) is 7.96. The van der Waals surface area contributed by atoms with Crippen LogP contribution in [0.3, 0.4) is 0 Å². The Morgan fingerprint density at radius 1 is 1.17 bits per heavy atom. The van der Waals surface area contributed by atoms with Crippen LogP contribution < -0.4 is 10.6 Å². The highest BCUT2D eigenvalue weighted by atomic mass is 127. The zero-order chi connectivity index (χ0) is 17.9. The molecule has 0 aliphatic heterocycles. The number of hydrogen-bond acceptors (Lipinski definition) is 3. The predicted molar refractivity (Wildman–Crippen MR) is 112 cm³/mol. The number of amides is 1. The molecule has 24 heavy (non-hydrogen) atoms. The van der Waals surface area contributed by atoms with E-state index in [0.29, 0.717) is 14.5 Å². The molecule has 0 saturated carbocycles. The number of carboxylic acid groups (broad SMARTS) is 1. The normalized spacial score (nSPS) is 10.1. The monoisotopic (exact) mass is 582 g/mol. The second kappa shape index (κ2) is 8.37. The Balaban J connectivity index is 2.18. The van der Waals surface area contributed by atoms with Gasteiger partial charge in [-0.1, -0.05) is 22.0 Å². The van der Waals surface area contributed by atoms with E-state index in [4.69, 9.17) is 12.2 Å². The molecule has 0 fully saturated rings. The highest BCUT2D eigenvalue weighted by Crippen LogP contribution is 2.30. The van der Waals surface area contributed by atoms with Crippen LogP contribution in [0.25, 0.3) is 0 Å². The van der Waals surface area contributed by atoms with Gasteiger partial charge >= 0.3 is 5.97 Å². The maximum atomic E-state index is 12.2. The SMILES string of the molecule is O=C(NC(=S)Nc1c(Br)cc(Br)cc1C(=O)O)c1cccc(I)c1. The van der Waals surface area contributed by atoms with Crippen LogP contribution in [-0.2, 0) is 0 Å². The molecule has 9 heteroatoms. The summed E-state index contributed by atoms with van der Waals surface area (Å²) in [6.45, 7) is 0. The highest BCUT2D eigenvalue weighted by Gasteiger charge is 2.17. The molecule has 3 N–H and O–H groups in total. The van der Waals surface area contributed by atoms with Gasteiger partial charge in [-0.15, -0.1) is 0 Å². The van der Waals surface area contributed by atoms with E-state index in [-0.39, 0.29) is 22.3 Å². The summed E-state index contributed by atoms with van der Waals surface area (Å²) in [4.78, 5) is 23.6. The molecule has 0 radical (unpaired) electrons. The van der Waals surface area contributed by atoms with E-state index in [2.05, 4.69) is 65.1 Å². The fourth-order valence-electron chi connectivity index (χ4n) is 1.82. The molecule has 0 aliphatic carbocycles. The first-order valence-electron chi connectivity index (χ1n) is 6.38. The average Bonchev–Trinajstić information content (AvgIpc) is 2.49. The molecule has 0 bridgehead atoms. The Labute approximate surface area is 173 Å². The first kappa shape index (κ1) is 19.3. The molecule has 1 amide bonds. The fraction of sp³-hybridized carbons (Fsp3) is 0. The number of rotatable bonds is 3. The molecule has 0 atom stereocenters. The van der Waals surface area contributed by atoms with Crippen LogP contribution in [0, 0.1) is 3.57 Å². The van der Waals surface area contributed by atoms with Crippen molar-refractivity contribution in [1.82, 2.24) is 5.32 Å². The van der Waals surface area contributed by atoms with E-state index >= 15 is 0 Å². The van der Waals surface area contributed by atoms with Crippen LogP contribution >= 0.6 is 66.7 Å². The quantitative estimate of drug-likeness (QED) is 0.363.